The van der Waals surface area contributed by atoms with E-state index in [-0.39, 0.29) is 17.1 Å². The van der Waals surface area contributed by atoms with E-state index in [2.05, 4.69) is 5.32 Å². The Morgan fingerprint density at radius 1 is 1.47 bits per heavy atom. The summed E-state index contributed by atoms with van der Waals surface area (Å²) in [6.45, 7) is 3.24. The van der Waals surface area contributed by atoms with Crippen molar-refractivity contribution < 1.29 is 19.1 Å². The Kier molecular flexibility index (Phi) is 4.89. The highest BCUT2D eigenvalue weighted by Crippen LogP contribution is 2.20. The summed E-state index contributed by atoms with van der Waals surface area (Å²) in [7, 11) is 0. The van der Waals surface area contributed by atoms with Gasteiger partial charge in [-0.1, -0.05) is 18.5 Å². The van der Waals surface area contributed by atoms with Crippen LogP contribution < -0.4 is 5.32 Å². The average molecular weight is 288 g/mol. The Morgan fingerprint density at radius 2 is 2.11 bits per heavy atom. The predicted molar refractivity (Wildman–Crippen MR) is 69.8 cm³/mol. The van der Waals surface area contributed by atoms with Crippen LogP contribution in [0, 0.1) is 11.2 Å². The molecular formula is C13H15ClFNO3. The number of carboxylic acids is 1. The minimum absolute atomic E-state index is 0.0259. The van der Waals surface area contributed by atoms with Crippen LogP contribution in [-0.2, 0) is 4.79 Å². The molecule has 0 saturated carbocycles. The van der Waals surface area contributed by atoms with Crippen LogP contribution in [0.15, 0.2) is 18.2 Å². The highest BCUT2D eigenvalue weighted by Gasteiger charge is 2.31. The van der Waals surface area contributed by atoms with Gasteiger partial charge in [-0.2, -0.15) is 0 Å². The molecule has 0 aliphatic carbocycles. The molecule has 0 bridgehead atoms. The number of amides is 1. The number of hydrogen-bond donors (Lipinski definition) is 2. The first kappa shape index (κ1) is 15.4. The standard InChI is InChI=1S/C13H15ClFNO3/c1-3-13(2,12(18)19)7-16-11(17)8-4-5-9(14)10(15)6-8/h4-6H,3,7H2,1-2H3,(H,16,17)(H,18,19). The van der Waals surface area contributed by atoms with E-state index in [9.17, 15) is 14.0 Å². The highest BCUT2D eigenvalue weighted by atomic mass is 35.5. The zero-order chi connectivity index (χ0) is 14.6. The van der Waals surface area contributed by atoms with Crippen molar-refractivity contribution in [2.24, 2.45) is 5.41 Å². The molecule has 0 aliphatic rings. The molecule has 19 heavy (non-hydrogen) atoms. The van der Waals surface area contributed by atoms with Crippen LogP contribution in [0.4, 0.5) is 4.39 Å². The van der Waals surface area contributed by atoms with Gasteiger partial charge in [0.05, 0.1) is 10.4 Å². The van der Waals surface area contributed by atoms with Crippen LogP contribution in [0.1, 0.15) is 30.6 Å². The molecule has 0 spiro atoms. The molecule has 0 fully saturated rings. The molecule has 0 radical (unpaired) electrons. The fourth-order valence-electron chi connectivity index (χ4n) is 1.37. The van der Waals surface area contributed by atoms with Crippen LogP contribution in [0.5, 0.6) is 0 Å². The summed E-state index contributed by atoms with van der Waals surface area (Å²) < 4.78 is 13.2. The molecule has 0 heterocycles. The van der Waals surface area contributed by atoms with Crippen LogP contribution in [0.3, 0.4) is 0 Å². The van der Waals surface area contributed by atoms with E-state index in [4.69, 9.17) is 16.7 Å². The molecule has 1 amide bonds. The lowest BCUT2D eigenvalue weighted by molar-refractivity contribution is -0.147. The monoisotopic (exact) mass is 287 g/mol. The first-order valence-corrected chi connectivity index (χ1v) is 6.14. The van der Waals surface area contributed by atoms with Crippen LogP contribution in [-0.4, -0.2) is 23.5 Å². The van der Waals surface area contributed by atoms with Crippen molar-refractivity contribution in [2.75, 3.05) is 6.54 Å². The third kappa shape index (κ3) is 3.67. The van der Waals surface area contributed by atoms with E-state index in [1.54, 1.807) is 6.92 Å². The van der Waals surface area contributed by atoms with Gasteiger partial charge < -0.3 is 10.4 Å². The van der Waals surface area contributed by atoms with E-state index >= 15 is 0 Å². The molecule has 104 valence electrons. The van der Waals surface area contributed by atoms with Crippen molar-refractivity contribution in [2.45, 2.75) is 20.3 Å². The Bertz CT molecular complexity index is 507. The molecule has 1 aromatic rings. The first-order valence-electron chi connectivity index (χ1n) is 5.77. The minimum atomic E-state index is -1.04. The van der Waals surface area contributed by atoms with Gasteiger partial charge >= 0.3 is 5.97 Å². The fraction of sp³-hybridized carbons (Fsp3) is 0.385. The summed E-state index contributed by atoms with van der Waals surface area (Å²) >= 11 is 5.51. The molecule has 1 aromatic carbocycles. The summed E-state index contributed by atoms with van der Waals surface area (Å²) in [6.07, 6.45) is 0.373. The van der Waals surface area contributed by atoms with Gasteiger partial charge in [-0.25, -0.2) is 4.39 Å². The molecular weight excluding hydrogens is 273 g/mol. The second kappa shape index (κ2) is 6.02. The van der Waals surface area contributed by atoms with Crippen molar-refractivity contribution in [3.8, 4) is 0 Å². The number of hydrogen-bond acceptors (Lipinski definition) is 2. The maximum absolute atomic E-state index is 13.2. The van der Waals surface area contributed by atoms with Crippen molar-refractivity contribution in [3.63, 3.8) is 0 Å². The summed E-state index contributed by atoms with van der Waals surface area (Å²) in [5.41, 5.74) is -0.939. The van der Waals surface area contributed by atoms with Gasteiger partial charge in [0.15, 0.2) is 0 Å². The summed E-state index contributed by atoms with van der Waals surface area (Å²) in [6, 6.07) is 3.68. The lowest BCUT2D eigenvalue weighted by atomic mass is 9.87. The predicted octanol–water partition coefficient (Wildman–Crippen LogP) is 2.71. The molecule has 1 unspecified atom stereocenters. The Balaban J connectivity index is 2.75. The summed E-state index contributed by atoms with van der Waals surface area (Å²) in [5.74, 6) is -2.21. The van der Waals surface area contributed by atoms with Gasteiger partial charge in [-0.05, 0) is 31.5 Å². The number of carbonyl (C=O) groups excluding carboxylic acids is 1. The molecule has 4 nitrogen and oxygen atoms in total. The number of rotatable bonds is 5. The van der Waals surface area contributed by atoms with Crippen molar-refractivity contribution in [3.05, 3.63) is 34.6 Å². The van der Waals surface area contributed by atoms with E-state index in [0.29, 0.717) is 6.42 Å². The largest absolute Gasteiger partial charge is 0.481 e. The highest BCUT2D eigenvalue weighted by molar-refractivity contribution is 6.30. The average Bonchev–Trinajstić information content (AvgIpc) is 2.38. The lowest BCUT2D eigenvalue weighted by Crippen LogP contribution is -2.40. The van der Waals surface area contributed by atoms with Crippen molar-refractivity contribution in [1.82, 2.24) is 5.32 Å². The van der Waals surface area contributed by atoms with E-state index in [1.807, 2.05) is 0 Å². The molecule has 1 atom stereocenters. The molecule has 6 heteroatoms. The smallest absolute Gasteiger partial charge is 0.311 e. The second-order valence-electron chi connectivity index (χ2n) is 4.53. The van der Waals surface area contributed by atoms with Gasteiger partial charge in [0.25, 0.3) is 5.91 Å². The maximum atomic E-state index is 13.2. The zero-order valence-electron chi connectivity index (χ0n) is 10.7. The topological polar surface area (TPSA) is 66.4 Å². The van der Waals surface area contributed by atoms with Crippen LogP contribution in [0.25, 0.3) is 0 Å². The van der Waals surface area contributed by atoms with Gasteiger partial charge in [0, 0.05) is 12.1 Å². The number of aliphatic carboxylic acids is 1. The third-order valence-corrected chi connectivity index (χ3v) is 3.42. The third-order valence-electron chi connectivity index (χ3n) is 3.12. The molecule has 0 saturated heterocycles. The zero-order valence-corrected chi connectivity index (χ0v) is 11.4. The van der Waals surface area contributed by atoms with Gasteiger partial charge in [0.2, 0.25) is 0 Å². The molecule has 2 N–H and O–H groups in total. The molecule has 0 aromatic heterocycles. The second-order valence-corrected chi connectivity index (χ2v) is 4.94. The summed E-state index contributed by atoms with van der Waals surface area (Å²) in [4.78, 5) is 22.9. The Morgan fingerprint density at radius 3 is 2.58 bits per heavy atom. The first-order chi connectivity index (χ1) is 8.80. The minimum Gasteiger partial charge on any atom is -0.481 e. The van der Waals surface area contributed by atoms with Crippen molar-refractivity contribution >= 4 is 23.5 Å². The van der Waals surface area contributed by atoms with Crippen LogP contribution >= 0.6 is 11.6 Å². The Hall–Kier alpha value is -1.62. The maximum Gasteiger partial charge on any atom is 0.311 e. The number of halogens is 2. The SMILES string of the molecule is CCC(C)(CNC(=O)c1ccc(Cl)c(F)c1)C(=O)O. The summed E-state index contributed by atoms with van der Waals surface area (Å²) in [5, 5.41) is 11.5. The number of benzene rings is 1. The molecule has 1 rings (SSSR count). The van der Waals surface area contributed by atoms with E-state index in [0.717, 1.165) is 6.07 Å². The quantitative estimate of drug-likeness (QED) is 0.875. The van der Waals surface area contributed by atoms with Crippen LogP contribution in [0.2, 0.25) is 5.02 Å². The number of carbonyl (C=O) groups is 2. The fourth-order valence-corrected chi connectivity index (χ4v) is 1.48. The number of carboxylic acid groups (broad SMARTS) is 1. The van der Waals surface area contributed by atoms with Gasteiger partial charge in [-0.15, -0.1) is 0 Å². The number of nitrogens with one attached hydrogen (secondary N) is 1. The van der Waals surface area contributed by atoms with Crippen molar-refractivity contribution in [1.29, 1.82) is 0 Å². The van der Waals surface area contributed by atoms with Gasteiger partial charge in [0.1, 0.15) is 5.82 Å². The lowest BCUT2D eigenvalue weighted by Gasteiger charge is -2.23. The Labute approximate surface area is 115 Å². The van der Waals surface area contributed by atoms with Gasteiger partial charge in [-0.3, -0.25) is 9.59 Å². The van der Waals surface area contributed by atoms with E-state index in [1.165, 1.54) is 19.1 Å². The van der Waals surface area contributed by atoms with E-state index < -0.39 is 23.1 Å². The molecule has 0 aliphatic heterocycles. The normalized spacial score (nSPS) is 13.7.